The van der Waals surface area contributed by atoms with Crippen LogP contribution in [0.25, 0.3) is 0 Å². The Morgan fingerprint density at radius 1 is 1.24 bits per heavy atom. The summed E-state index contributed by atoms with van der Waals surface area (Å²) in [5, 5.41) is 5.68. The van der Waals surface area contributed by atoms with E-state index in [4.69, 9.17) is 0 Å². The lowest BCUT2D eigenvalue weighted by Crippen LogP contribution is -2.29. The first-order valence-corrected chi connectivity index (χ1v) is 6.34. The Morgan fingerprint density at radius 2 is 2.06 bits per heavy atom. The van der Waals surface area contributed by atoms with Gasteiger partial charge in [0.15, 0.2) is 0 Å². The standard InChI is InChI=1S/C14H22N2O/c1-3-4-5-6-10-15-14(17)16-13-9-7-8-12(2)11-13/h7-9,11H,3-6,10H2,1-2H3,(H2,15,16,17). The summed E-state index contributed by atoms with van der Waals surface area (Å²) >= 11 is 0. The first kappa shape index (κ1) is 13.6. The fourth-order valence-electron chi connectivity index (χ4n) is 1.65. The van der Waals surface area contributed by atoms with E-state index < -0.39 is 0 Å². The number of aryl methyl sites for hydroxylation is 1. The van der Waals surface area contributed by atoms with Gasteiger partial charge in [-0.3, -0.25) is 0 Å². The predicted octanol–water partition coefficient (Wildman–Crippen LogP) is 3.70. The van der Waals surface area contributed by atoms with Gasteiger partial charge in [-0.25, -0.2) is 4.79 Å². The molecule has 0 bridgehead atoms. The Hall–Kier alpha value is -1.51. The molecule has 1 aromatic carbocycles. The monoisotopic (exact) mass is 234 g/mol. The van der Waals surface area contributed by atoms with Crippen LogP contribution >= 0.6 is 0 Å². The van der Waals surface area contributed by atoms with Crippen LogP contribution in [0.2, 0.25) is 0 Å². The first-order chi connectivity index (χ1) is 8.22. The maximum Gasteiger partial charge on any atom is 0.319 e. The van der Waals surface area contributed by atoms with Crippen LogP contribution in [0.3, 0.4) is 0 Å². The number of benzene rings is 1. The number of amides is 2. The van der Waals surface area contributed by atoms with E-state index in [1.165, 1.54) is 19.3 Å². The van der Waals surface area contributed by atoms with Crippen molar-refractivity contribution in [2.75, 3.05) is 11.9 Å². The number of nitrogens with one attached hydrogen (secondary N) is 2. The second-order valence-electron chi connectivity index (χ2n) is 4.31. The average molecular weight is 234 g/mol. The molecule has 2 amide bonds. The van der Waals surface area contributed by atoms with E-state index in [0.717, 1.165) is 24.2 Å². The van der Waals surface area contributed by atoms with Crippen molar-refractivity contribution >= 4 is 11.7 Å². The van der Waals surface area contributed by atoms with Gasteiger partial charge in [0.25, 0.3) is 0 Å². The molecule has 0 saturated carbocycles. The zero-order valence-electron chi connectivity index (χ0n) is 10.8. The second-order valence-corrected chi connectivity index (χ2v) is 4.31. The average Bonchev–Trinajstić information content (AvgIpc) is 2.29. The molecule has 0 aliphatic rings. The third-order valence-corrected chi connectivity index (χ3v) is 2.59. The van der Waals surface area contributed by atoms with Crippen molar-refractivity contribution < 1.29 is 4.79 Å². The molecule has 1 aromatic rings. The molecule has 2 N–H and O–H groups in total. The number of unbranched alkanes of at least 4 members (excludes halogenated alkanes) is 3. The smallest absolute Gasteiger partial charge is 0.319 e. The van der Waals surface area contributed by atoms with Gasteiger partial charge in [-0.2, -0.15) is 0 Å². The lowest BCUT2D eigenvalue weighted by atomic mass is 10.2. The summed E-state index contributed by atoms with van der Waals surface area (Å²) < 4.78 is 0. The van der Waals surface area contributed by atoms with Gasteiger partial charge < -0.3 is 10.6 Å². The van der Waals surface area contributed by atoms with Crippen molar-refractivity contribution in [3.05, 3.63) is 29.8 Å². The lowest BCUT2D eigenvalue weighted by Gasteiger charge is -2.07. The summed E-state index contributed by atoms with van der Waals surface area (Å²) in [6, 6.07) is 7.67. The zero-order chi connectivity index (χ0) is 12.5. The summed E-state index contributed by atoms with van der Waals surface area (Å²) in [5.74, 6) is 0. The van der Waals surface area contributed by atoms with Crippen LogP contribution in [0.5, 0.6) is 0 Å². The number of rotatable bonds is 6. The number of carbonyl (C=O) groups excluding carboxylic acids is 1. The Bertz CT molecular complexity index is 350. The van der Waals surface area contributed by atoms with Crippen molar-refractivity contribution in [1.82, 2.24) is 5.32 Å². The van der Waals surface area contributed by atoms with Gasteiger partial charge in [0.1, 0.15) is 0 Å². The van der Waals surface area contributed by atoms with Crippen LogP contribution < -0.4 is 10.6 Å². The molecule has 3 heteroatoms. The predicted molar refractivity (Wildman–Crippen MR) is 72.3 cm³/mol. The van der Waals surface area contributed by atoms with E-state index in [1.807, 2.05) is 31.2 Å². The van der Waals surface area contributed by atoms with Crippen LogP contribution in [0.1, 0.15) is 38.2 Å². The van der Waals surface area contributed by atoms with Gasteiger partial charge in [0.2, 0.25) is 0 Å². The van der Waals surface area contributed by atoms with Crippen molar-refractivity contribution in [3.8, 4) is 0 Å². The molecule has 3 nitrogen and oxygen atoms in total. The Labute approximate surface area is 104 Å². The number of hydrogen-bond donors (Lipinski definition) is 2. The van der Waals surface area contributed by atoms with Gasteiger partial charge in [-0.1, -0.05) is 38.3 Å². The molecule has 0 fully saturated rings. The number of urea groups is 1. The molecule has 0 saturated heterocycles. The van der Waals surface area contributed by atoms with Gasteiger partial charge in [-0.05, 0) is 31.0 Å². The molecule has 94 valence electrons. The van der Waals surface area contributed by atoms with Crippen molar-refractivity contribution in [2.24, 2.45) is 0 Å². The molecular weight excluding hydrogens is 212 g/mol. The highest BCUT2D eigenvalue weighted by molar-refractivity contribution is 5.89. The quantitative estimate of drug-likeness (QED) is 0.724. The SMILES string of the molecule is CCCCCCNC(=O)Nc1cccc(C)c1. The topological polar surface area (TPSA) is 41.1 Å². The van der Waals surface area contributed by atoms with Crippen LogP contribution in [0.15, 0.2) is 24.3 Å². The summed E-state index contributed by atoms with van der Waals surface area (Å²) in [7, 11) is 0. The Kier molecular flexibility index (Phi) is 6.15. The highest BCUT2D eigenvalue weighted by atomic mass is 16.2. The summed E-state index contributed by atoms with van der Waals surface area (Å²) in [4.78, 5) is 11.5. The van der Waals surface area contributed by atoms with Crippen molar-refractivity contribution in [1.29, 1.82) is 0 Å². The normalized spacial score (nSPS) is 10.0. The minimum absolute atomic E-state index is 0.118. The second kappa shape index (κ2) is 7.71. The molecule has 0 radical (unpaired) electrons. The van der Waals surface area contributed by atoms with E-state index in [-0.39, 0.29) is 6.03 Å². The van der Waals surface area contributed by atoms with Crippen LogP contribution in [0, 0.1) is 6.92 Å². The van der Waals surface area contributed by atoms with E-state index in [2.05, 4.69) is 17.6 Å². The summed E-state index contributed by atoms with van der Waals surface area (Å²) in [6.07, 6.45) is 4.69. The highest BCUT2D eigenvalue weighted by Crippen LogP contribution is 2.08. The lowest BCUT2D eigenvalue weighted by molar-refractivity contribution is 0.252. The van der Waals surface area contributed by atoms with Crippen LogP contribution in [-0.2, 0) is 0 Å². The molecule has 0 aliphatic heterocycles. The molecule has 0 unspecified atom stereocenters. The molecule has 17 heavy (non-hydrogen) atoms. The number of hydrogen-bond acceptors (Lipinski definition) is 1. The summed E-state index contributed by atoms with van der Waals surface area (Å²) in [5.41, 5.74) is 1.99. The molecule has 0 aromatic heterocycles. The zero-order valence-corrected chi connectivity index (χ0v) is 10.8. The largest absolute Gasteiger partial charge is 0.338 e. The maximum atomic E-state index is 11.5. The highest BCUT2D eigenvalue weighted by Gasteiger charge is 2.00. The molecule has 1 rings (SSSR count). The molecule has 0 atom stereocenters. The minimum atomic E-state index is -0.118. The molecule has 0 heterocycles. The van der Waals surface area contributed by atoms with Gasteiger partial charge in [0.05, 0.1) is 0 Å². The molecular formula is C14H22N2O. The fraction of sp³-hybridized carbons (Fsp3) is 0.500. The minimum Gasteiger partial charge on any atom is -0.338 e. The molecule has 0 aliphatic carbocycles. The van der Waals surface area contributed by atoms with E-state index in [0.29, 0.717) is 0 Å². The number of anilines is 1. The Balaban J connectivity index is 2.21. The van der Waals surface area contributed by atoms with Crippen molar-refractivity contribution in [2.45, 2.75) is 39.5 Å². The number of carbonyl (C=O) groups is 1. The van der Waals surface area contributed by atoms with Crippen LogP contribution in [-0.4, -0.2) is 12.6 Å². The fourth-order valence-corrected chi connectivity index (χ4v) is 1.65. The third-order valence-electron chi connectivity index (χ3n) is 2.59. The van der Waals surface area contributed by atoms with E-state index >= 15 is 0 Å². The third kappa shape index (κ3) is 5.95. The summed E-state index contributed by atoms with van der Waals surface area (Å²) in [6.45, 7) is 4.93. The van der Waals surface area contributed by atoms with E-state index in [9.17, 15) is 4.79 Å². The molecule has 0 spiro atoms. The first-order valence-electron chi connectivity index (χ1n) is 6.34. The van der Waals surface area contributed by atoms with E-state index in [1.54, 1.807) is 0 Å². The maximum absolute atomic E-state index is 11.5. The van der Waals surface area contributed by atoms with Gasteiger partial charge in [0, 0.05) is 12.2 Å². The van der Waals surface area contributed by atoms with Crippen LogP contribution in [0.4, 0.5) is 10.5 Å². The Morgan fingerprint density at radius 3 is 2.76 bits per heavy atom. The van der Waals surface area contributed by atoms with Gasteiger partial charge in [-0.15, -0.1) is 0 Å². The van der Waals surface area contributed by atoms with Gasteiger partial charge >= 0.3 is 6.03 Å². The van der Waals surface area contributed by atoms with Crippen molar-refractivity contribution in [3.63, 3.8) is 0 Å².